The fraction of sp³-hybridized carbons (Fsp3) is 0.793. The van der Waals surface area contributed by atoms with Gasteiger partial charge in [0.25, 0.3) is 25.2 Å². The van der Waals surface area contributed by atoms with Gasteiger partial charge in [0.05, 0.1) is 26.4 Å². The summed E-state index contributed by atoms with van der Waals surface area (Å²) >= 11 is 6.10. The van der Waals surface area contributed by atoms with Gasteiger partial charge < -0.3 is 68.5 Å². The molecule has 24 heteroatoms. The molecule has 310 valence electrons. The van der Waals surface area contributed by atoms with E-state index in [9.17, 15) is 28.8 Å². The highest BCUT2D eigenvalue weighted by atomic mass is 32.2. The second kappa shape index (κ2) is 34.4. The number of thioether (sulfide) groups is 4. The molecule has 1 unspecified atom stereocenters. The van der Waals surface area contributed by atoms with E-state index in [1.54, 1.807) is 20.8 Å². The van der Waals surface area contributed by atoms with E-state index in [2.05, 4.69) is 18.9 Å². The van der Waals surface area contributed by atoms with Gasteiger partial charge in [0.1, 0.15) is 9.16 Å². The summed E-state index contributed by atoms with van der Waals surface area (Å²) in [5, 5.41) is 50.0. The number of carbonyl (C=O) groups is 6. The van der Waals surface area contributed by atoms with Gasteiger partial charge in [-0.05, 0) is 45.1 Å². The molecule has 0 aromatic rings. The van der Waals surface area contributed by atoms with E-state index >= 15 is 0 Å². The maximum atomic E-state index is 10.3. The first-order valence-corrected chi connectivity index (χ1v) is 20.0. The van der Waals surface area contributed by atoms with Gasteiger partial charge in [-0.15, -0.1) is 47.0 Å². The molecule has 4 heterocycles. The van der Waals surface area contributed by atoms with Crippen LogP contribution in [0.1, 0.15) is 33.6 Å². The highest BCUT2D eigenvalue weighted by Gasteiger charge is 2.24. The van der Waals surface area contributed by atoms with Gasteiger partial charge in [0.2, 0.25) is 0 Å². The lowest BCUT2D eigenvalue weighted by Crippen LogP contribution is -2.32. The van der Waals surface area contributed by atoms with E-state index < -0.39 is 61.0 Å². The Labute approximate surface area is 323 Å². The number of ether oxygens (including phenoxy) is 8. The maximum absolute atomic E-state index is 10.3. The van der Waals surface area contributed by atoms with Crippen molar-refractivity contribution in [2.45, 2.75) is 67.9 Å². The zero-order chi connectivity index (χ0) is 40.6. The van der Waals surface area contributed by atoms with Gasteiger partial charge in [-0.3, -0.25) is 9.59 Å². The van der Waals surface area contributed by atoms with E-state index in [1.807, 2.05) is 0 Å². The van der Waals surface area contributed by atoms with Crippen molar-refractivity contribution in [2.24, 2.45) is 0 Å². The van der Waals surface area contributed by atoms with Crippen LogP contribution >= 0.6 is 47.0 Å². The molecule has 0 aliphatic carbocycles. The first kappa shape index (κ1) is 53.0. The lowest BCUT2D eigenvalue weighted by molar-refractivity contribution is -0.205. The summed E-state index contributed by atoms with van der Waals surface area (Å²) in [6.45, 7) is 7.90. The molecule has 4 aliphatic rings. The number of carboxylic acid groups (broad SMARTS) is 6. The number of hydrogen-bond acceptors (Lipinski definition) is 18. The summed E-state index contributed by atoms with van der Waals surface area (Å²) in [5.74, 6) is -1.65. The maximum Gasteiger partial charge on any atom is 0.361 e. The first-order chi connectivity index (χ1) is 25.2. The Morgan fingerprint density at radius 1 is 0.528 bits per heavy atom. The first-order valence-electron chi connectivity index (χ1n) is 15.8. The molecule has 0 saturated carbocycles. The van der Waals surface area contributed by atoms with E-state index in [-0.39, 0.29) is 9.16 Å². The van der Waals surface area contributed by atoms with E-state index in [0.29, 0.717) is 46.2 Å². The molecule has 53 heavy (non-hydrogen) atoms. The van der Waals surface area contributed by atoms with Crippen LogP contribution in [0.2, 0.25) is 0 Å². The Kier molecular flexibility index (Phi) is 34.4. The predicted octanol–water partition coefficient (Wildman–Crippen LogP) is 1.97. The zero-order valence-electron chi connectivity index (χ0n) is 29.7. The third-order valence-corrected chi connectivity index (χ3v) is 11.1. The fourth-order valence-corrected chi connectivity index (χ4v) is 8.07. The third-order valence-electron chi connectivity index (χ3n) is 5.28. The molecule has 4 aliphatic heterocycles. The highest BCUT2D eigenvalue weighted by Crippen LogP contribution is 2.31. The van der Waals surface area contributed by atoms with Crippen molar-refractivity contribution in [1.82, 2.24) is 0 Å². The van der Waals surface area contributed by atoms with Crippen molar-refractivity contribution >= 4 is 82.9 Å². The van der Waals surface area contributed by atoms with Crippen LogP contribution in [0, 0.1) is 0 Å². The summed E-state index contributed by atoms with van der Waals surface area (Å²) in [4.78, 5) is 60.8. The Balaban J connectivity index is 0. The van der Waals surface area contributed by atoms with Crippen LogP contribution in [-0.4, -0.2) is 177 Å². The van der Waals surface area contributed by atoms with Gasteiger partial charge in [0.15, 0.2) is 0 Å². The number of carboxylic acids is 6. The van der Waals surface area contributed by atoms with Crippen molar-refractivity contribution in [3.05, 3.63) is 0 Å². The normalized spacial score (nSPS) is 18.1. The van der Waals surface area contributed by atoms with Gasteiger partial charge in [0, 0.05) is 38.4 Å². The number of rotatable bonds is 13. The van der Waals surface area contributed by atoms with Crippen molar-refractivity contribution in [1.29, 1.82) is 0 Å². The fourth-order valence-electron chi connectivity index (χ4n) is 3.15. The van der Waals surface area contributed by atoms with Crippen LogP contribution in [0.15, 0.2) is 0 Å². The summed E-state index contributed by atoms with van der Waals surface area (Å²) in [5.41, 5.74) is 0. The molecule has 0 spiro atoms. The van der Waals surface area contributed by atoms with Crippen LogP contribution < -0.4 is 0 Å². The van der Waals surface area contributed by atoms with Crippen LogP contribution in [0.3, 0.4) is 0 Å². The molecule has 4 fully saturated rings. The molecule has 1 atom stereocenters. The standard InChI is InChI=1S/C6H12O4.C5H8O4.C5H10O4.C5H8O2S2.C4H6O4.C4H6O2S2/c1-3-9-6(5(7)8)10-4-2;6-4(7)5-8-2-1-3-9-5;1-3-9-5(8-2)4(6)7;6-4(7)5-8-2-1-3-9-5;2*5-3(6)4-7-1-2-8-4/h6H,3-4H2,1-2H3,(H,7,8);5H,1-3H2,(H,6,7);5H,3H2,1-2H3,(H,6,7);5H,1-3H2,(H,6,7);2*4H,1-2H2,(H,5,6). The van der Waals surface area contributed by atoms with Crippen molar-refractivity contribution in [3.8, 4) is 0 Å². The average Bonchev–Trinajstić information content (AvgIpc) is 3.89. The lowest BCUT2D eigenvalue weighted by atomic mass is 10.4. The van der Waals surface area contributed by atoms with Crippen LogP contribution in [0.5, 0.6) is 0 Å². The second-order valence-electron chi connectivity index (χ2n) is 9.30. The smallest absolute Gasteiger partial charge is 0.361 e. The summed E-state index contributed by atoms with van der Waals surface area (Å²) in [6.07, 6.45) is -2.33. The minimum Gasteiger partial charge on any atom is -0.480 e. The Bertz CT molecular complexity index is 936. The van der Waals surface area contributed by atoms with Crippen LogP contribution in [0.25, 0.3) is 0 Å². The van der Waals surface area contributed by atoms with E-state index in [0.717, 1.165) is 35.9 Å². The van der Waals surface area contributed by atoms with Gasteiger partial charge in [-0.2, -0.15) is 0 Å². The van der Waals surface area contributed by atoms with E-state index in [4.69, 9.17) is 49.6 Å². The minimum atomic E-state index is -1.12. The van der Waals surface area contributed by atoms with Crippen LogP contribution in [0.4, 0.5) is 0 Å². The molecule has 4 rings (SSSR count). The van der Waals surface area contributed by atoms with Gasteiger partial charge in [-0.25, -0.2) is 19.2 Å². The molecule has 0 bridgehead atoms. The Morgan fingerprint density at radius 3 is 1.09 bits per heavy atom. The molecule has 0 aromatic carbocycles. The van der Waals surface area contributed by atoms with Gasteiger partial charge >= 0.3 is 35.8 Å². The SMILES string of the molecule is CCOC(OC)C(=O)O.CCOC(OCC)C(=O)O.O=C(O)C1OCCCO1.O=C(O)C1OCCO1.O=C(O)C1SCCCS1.O=C(O)C1SCCS1. The van der Waals surface area contributed by atoms with Crippen molar-refractivity contribution in [2.75, 3.05) is 76.4 Å². The molecule has 0 radical (unpaired) electrons. The highest BCUT2D eigenvalue weighted by molar-refractivity contribution is 8.21. The van der Waals surface area contributed by atoms with E-state index in [1.165, 1.54) is 54.2 Å². The molecule has 0 aromatic heterocycles. The number of hydrogen-bond donors (Lipinski definition) is 6. The Morgan fingerprint density at radius 2 is 0.868 bits per heavy atom. The summed E-state index contributed by atoms with van der Waals surface area (Å²) in [6, 6.07) is 0. The molecule has 6 N–H and O–H groups in total. The monoisotopic (exact) mass is 846 g/mol. The largest absolute Gasteiger partial charge is 0.480 e. The quantitative estimate of drug-likeness (QED) is 0.144. The van der Waals surface area contributed by atoms with Crippen molar-refractivity contribution < 1.29 is 97.3 Å². The Hall–Kier alpha value is -2.10. The number of aliphatic carboxylic acids is 6. The average molecular weight is 847 g/mol. The van der Waals surface area contributed by atoms with Crippen molar-refractivity contribution in [3.63, 3.8) is 0 Å². The second-order valence-corrected chi connectivity index (χ2v) is 14.7. The third kappa shape index (κ3) is 28.9. The molecular weight excluding hydrogens is 797 g/mol. The molecule has 20 nitrogen and oxygen atoms in total. The summed E-state index contributed by atoms with van der Waals surface area (Å²) in [7, 11) is 1.29. The lowest BCUT2D eigenvalue weighted by Gasteiger charge is -2.18. The zero-order valence-corrected chi connectivity index (χ0v) is 33.0. The van der Waals surface area contributed by atoms with Gasteiger partial charge in [-0.1, -0.05) is 0 Å². The summed E-state index contributed by atoms with van der Waals surface area (Å²) < 4.78 is 36.7. The predicted molar refractivity (Wildman–Crippen MR) is 193 cm³/mol. The molecule has 0 amide bonds. The number of methoxy groups -OCH3 is 1. The topological polar surface area (TPSA) is 298 Å². The molecule has 4 saturated heterocycles. The van der Waals surface area contributed by atoms with Crippen LogP contribution in [-0.2, 0) is 66.7 Å². The molecular formula is C29H50O20S4. The minimum absolute atomic E-state index is 0.185.